The predicted molar refractivity (Wildman–Crippen MR) is 162 cm³/mol. The molecule has 3 fully saturated rings. The minimum Gasteiger partial charge on any atom is -0.478 e. The van der Waals surface area contributed by atoms with Gasteiger partial charge < -0.3 is 19.1 Å². The quantitative estimate of drug-likeness (QED) is 0.188. The van der Waals surface area contributed by atoms with E-state index >= 15 is 4.39 Å². The number of hydrogen-bond donors (Lipinski definition) is 1. The Kier molecular flexibility index (Phi) is 7.85. The largest absolute Gasteiger partial charge is 0.478 e. The van der Waals surface area contributed by atoms with Gasteiger partial charge >= 0.3 is 12.0 Å². The number of allylic oxidation sites excluding steroid dienone is 4. The Morgan fingerprint density at radius 1 is 1.20 bits per heavy atom. The van der Waals surface area contributed by atoms with Gasteiger partial charge in [-0.2, -0.15) is 4.98 Å². The normalized spacial score (nSPS) is 19.9. The van der Waals surface area contributed by atoms with E-state index < -0.39 is 17.6 Å². The summed E-state index contributed by atoms with van der Waals surface area (Å²) >= 11 is 0. The van der Waals surface area contributed by atoms with Crippen molar-refractivity contribution in [3.8, 4) is 17.3 Å². The fourth-order valence-electron chi connectivity index (χ4n) is 5.85. The molecule has 0 radical (unpaired) electrons. The number of nitrogens with zero attached hydrogens (tertiary/aromatic N) is 4. The summed E-state index contributed by atoms with van der Waals surface area (Å²) < 4.78 is 43.5. The zero-order valence-electron chi connectivity index (χ0n) is 24.5. The Labute approximate surface area is 253 Å². The number of aromatic carboxylic acids is 1. The third-order valence-corrected chi connectivity index (χ3v) is 8.27. The first-order chi connectivity index (χ1) is 21.1. The molecular formula is C34H32F2N4O4. The molecular weight excluding hydrogens is 566 g/mol. The second-order valence-electron chi connectivity index (χ2n) is 11.6. The lowest BCUT2D eigenvalue weighted by molar-refractivity contribution is -0.0132. The molecule has 4 heterocycles. The zero-order valence-corrected chi connectivity index (χ0v) is 24.5. The van der Waals surface area contributed by atoms with Gasteiger partial charge in [0.25, 0.3) is 0 Å². The Balaban J connectivity index is 1.24. The van der Waals surface area contributed by atoms with Crippen molar-refractivity contribution in [3.05, 3.63) is 107 Å². The van der Waals surface area contributed by atoms with Gasteiger partial charge in [-0.1, -0.05) is 18.7 Å². The molecule has 1 aliphatic carbocycles. The molecule has 0 atom stereocenters. The SMILES string of the molecule is C=C/C(C)=C\C(F)=C(/C)COc1nccc(-c2ccc(Cc3nc4ccc(C(=O)O)cc4n3CC34CC(CO3)C4)cc2F)n1. The topological polar surface area (TPSA) is 99.4 Å². The average Bonchev–Trinajstić information content (AvgIpc) is 3.69. The maximum atomic E-state index is 15.5. The van der Waals surface area contributed by atoms with Crippen molar-refractivity contribution in [1.29, 1.82) is 0 Å². The number of carboxylic acids is 1. The molecule has 2 saturated heterocycles. The van der Waals surface area contributed by atoms with Gasteiger partial charge in [0.2, 0.25) is 0 Å². The van der Waals surface area contributed by atoms with Crippen molar-refractivity contribution in [3.63, 3.8) is 0 Å². The Hall–Kier alpha value is -4.70. The summed E-state index contributed by atoms with van der Waals surface area (Å²) in [6, 6.07) is 11.4. The standard InChI is InChI=1S/C34H32F2N4O4/c1-4-20(2)11-26(35)21(3)17-43-33-37-10-9-28(39-33)25-7-5-22(12-27(25)36)13-31-38-29-8-6-24(32(41)42)14-30(29)40(31)19-34-15-23(16-34)18-44-34/h4-12,14,23H,1,13,15-19H2,2-3H3,(H,41,42)/b20-11-,26-21-. The van der Waals surface area contributed by atoms with Crippen LogP contribution in [-0.4, -0.2) is 49.4 Å². The molecule has 226 valence electrons. The molecule has 0 unspecified atom stereocenters. The van der Waals surface area contributed by atoms with Crippen molar-refractivity contribution in [1.82, 2.24) is 19.5 Å². The molecule has 1 N–H and O–H groups in total. The summed E-state index contributed by atoms with van der Waals surface area (Å²) in [6.07, 6.45) is 6.66. The highest BCUT2D eigenvalue weighted by Crippen LogP contribution is 2.49. The molecule has 0 amide bonds. The molecule has 10 heteroatoms. The van der Waals surface area contributed by atoms with Gasteiger partial charge in [0.05, 0.1) is 41.0 Å². The van der Waals surface area contributed by atoms with Gasteiger partial charge in [-0.05, 0) is 91.8 Å². The Bertz CT molecular complexity index is 1830. The second-order valence-corrected chi connectivity index (χ2v) is 11.6. The van der Waals surface area contributed by atoms with Crippen LogP contribution in [0.15, 0.2) is 84.4 Å². The smallest absolute Gasteiger partial charge is 0.335 e. The number of halogens is 2. The molecule has 4 aromatic rings. The first-order valence-electron chi connectivity index (χ1n) is 14.4. The van der Waals surface area contributed by atoms with Crippen molar-refractivity contribution < 1.29 is 28.2 Å². The van der Waals surface area contributed by atoms with Crippen molar-refractivity contribution in [2.75, 3.05) is 13.2 Å². The molecule has 1 saturated carbocycles. The molecule has 8 nitrogen and oxygen atoms in total. The number of aromatic nitrogens is 4. The average molecular weight is 599 g/mol. The number of carbonyl (C=O) groups is 1. The summed E-state index contributed by atoms with van der Waals surface area (Å²) in [5.41, 5.74) is 3.64. The van der Waals surface area contributed by atoms with E-state index in [2.05, 4.69) is 16.5 Å². The maximum absolute atomic E-state index is 15.5. The number of benzene rings is 2. The van der Waals surface area contributed by atoms with Gasteiger partial charge in [-0.15, -0.1) is 0 Å². The fourth-order valence-corrected chi connectivity index (χ4v) is 5.85. The van der Waals surface area contributed by atoms with Gasteiger partial charge in [-0.3, -0.25) is 0 Å². The van der Waals surface area contributed by atoms with E-state index in [1.165, 1.54) is 18.3 Å². The van der Waals surface area contributed by atoms with E-state index in [9.17, 15) is 14.3 Å². The van der Waals surface area contributed by atoms with Crippen LogP contribution in [0.25, 0.3) is 22.3 Å². The highest BCUT2D eigenvalue weighted by Gasteiger charge is 2.52. The van der Waals surface area contributed by atoms with Crippen LogP contribution in [0, 0.1) is 11.7 Å². The van der Waals surface area contributed by atoms with Crippen LogP contribution in [0.2, 0.25) is 0 Å². The lowest BCUT2D eigenvalue weighted by Crippen LogP contribution is -2.41. The van der Waals surface area contributed by atoms with E-state index in [4.69, 9.17) is 14.5 Å². The lowest BCUT2D eigenvalue weighted by Gasteiger charge is -2.36. The van der Waals surface area contributed by atoms with Crippen molar-refractivity contribution in [2.24, 2.45) is 5.92 Å². The first-order valence-corrected chi connectivity index (χ1v) is 14.4. The van der Waals surface area contributed by atoms with Crippen molar-refractivity contribution in [2.45, 2.75) is 45.3 Å². The maximum Gasteiger partial charge on any atom is 0.335 e. The Morgan fingerprint density at radius 2 is 2.02 bits per heavy atom. The highest BCUT2D eigenvalue weighted by molar-refractivity contribution is 5.92. The van der Waals surface area contributed by atoms with E-state index in [0.29, 0.717) is 52.6 Å². The minimum absolute atomic E-state index is 0.00346. The van der Waals surface area contributed by atoms with Crippen LogP contribution >= 0.6 is 0 Å². The number of rotatable bonds is 11. The van der Waals surface area contributed by atoms with E-state index in [0.717, 1.165) is 25.0 Å². The van der Waals surface area contributed by atoms with Crippen LogP contribution < -0.4 is 4.74 Å². The predicted octanol–water partition coefficient (Wildman–Crippen LogP) is 6.86. The number of fused-ring (bicyclic) bond motifs is 2. The summed E-state index contributed by atoms with van der Waals surface area (Å²) in [7, 11) is 0. The summed E-state index contributed by atoms with van der Waals surface area (Å²) in [5.74, 6) is -0.638. The highest BCUT2D eigenvalue weighted by atomic mass is 19.1. The molecule has 3 aliphatic rings. The first kappa shape index (κ1) is 29.4. The van der Waals surface area contributed by atoms with E-state index in [1.807, 2.05) is 10.6 Å². The summed E-state index contributed by atoms with van der Waals surface area (Å²) in [5, 5.41) is 9.57. The van der Waals surface area contributed by atoms with Crippen LogP contribution in [0.3, 0.4) is 0 Å². The molecule has 2 bridgehead atoms. The zero-order chi connectivity index (χ0) is 31.0. The van der Waals surface area contributed by atoms with Gasteiger partial charge in [-0.25, -0.2) is 23.5 Å². The molecule has 0 spiro atoms. The second kappa shape index (κ2) is 11.8. The van der Waals surface area contributed by atoms with Crippen molar-refractivity contribution >= 4 is 17.0 Å². The van der Waals surface area contributed by atoms with Gasteiger partial charge in [0.1, 0.15) is 24.1 Å². The van der Waals surface area contributed by atoms with Gasteiger partial charge in [0.15, 0.2) is 0 Å². The molecule has 2 aliphatic heterocycles. The van der Waals surface area contributed by atoms with E-state index in [1.54, 1.807) is 50.3 Å². The summed E-state index contributed by atoms with van der Waals surface area (Å²) in [6.45, 7) is 8.20. The number of ether oxygens (including phenoxy) is 2. The van der Waals surface area contributed by atoms with Gasteiger partial charge in [0, 0.05) is 18.2 Å². The number of hydrogen-bond acceptors (Lipinski definition) is 6. The number of carboxylic acid groups (broad SMARTS) is 1. The molecule has 2 aromatic heterocycles. The lowest BCUT2D eigenvalue weighted by atomic mass is 9.74. The van der Waals surface area contributed by atoms with E-state index in [-0.39, 0.29) is 29.3 Å². The fraction of sp³-hybridized carbons (Fsp3) is 0.294. The minimum atomic E-state index is -1.01. The Morgan fingerprint density at radius 3 is 2.73 bits per heavy atom. The molecule has 2 aromatic carbocycles. The molecule has 7 rings (SSSR count). The third-order valence-electron chi connectivity index (χ3n) is 8.27. The van der Waals surface area contributed by atoms with Crippen LogP contribution in [-0.2, 0) is 17.7 Å². The number of imidazole rings is 1. The third kappa shape index (κ3) is 5.90. The van der Waals surface area contributed by atoms with Crippen LogP contribution in [0.4, 0.5) is 8.78 Å². The summed E-state index contributed by atoms with van der Waals surface area (Å²) in [4.78, 5) is 24.9. The molecule has 44 heavy (non-hydrogen) atoms. The van der Waals surface area contributed by atoms with Crippen LogP contribution in [0.1, 0.15) is 48.4 Å². The monoisotopic (exact) mass is 598 g/mol. The van der Waals surface area contributed by atoms with Crippen LogP contribution in [0.5, 0.6) is 6.01 Å².